The first kappa shape index (κ1) is 21.5. The van der Waals surface area contributed by atoms with Crippen LogP contribution in [0.3, 0.4) is 0 Å². The molecule has 0 fully saturated rings. The van der Waals surface area contributed by atoms with Gasteiger partial charge in [-0.1, -0.05) is 62.1 Å². The monoisotopic (exact) mass is 420 g/mol. The Bertz CT molecular complexity index is 780. The molecule has 0 radical (unpaired) electrons. The predicted octanol–water partition coefficient (Wildman–Crippen LogP) is 7.88. The first-order valence-corrected chi connectivity index (χ1v) is 11.7. The number of hydrogen-bond acceptors (Lipinski definition) is 2. The lowest BCUT2D eigenvalue weighted by molar-refractivity contribution is 0.163. The maximum absolute atomic E-state index is 13.1. The summed E-state index contributed by atoms with van der Waals surface area (Å²) in [5, 5.41) is 12.9. The molecule has 0 aliphatic heterocycles. The molecule has 28 heavy (non-hydrogen) atoms. The van der Waals surface area contributed by atoms with Crippen molar-refractivity contribution in [2.24, 2.45) is 5.92 Å². The van der Waals surface area contributed by atoms with E-state index in [0.717, 1.165) is 66.8 Å². The van der Waals surface area contributed by atoms with Crippen LogP contribution in [-0.4, -0.2) is 5.11 Å². The number of unbranched alkanes of at least 4 members (excludes halogenated alkanes) is 2. The van der Waals surface area contributed by atoms with Crippen LogP contribution in [0.25, 0.3) is 5.57 Å². The van der Waals surface area contributed by atoms with Crippen molar-refractivity contribution in [3.8, 4) is 0 Å². The molecule has 0 saturated carbocycles. The van der Waals surface area contributed by atoms with Crippen LogP contribution in [0.15, 0.2) is 40.7 Å². The van der Waals surface area contributed by atoms with E-state index in [1.165, 1.54) is 28.9 Å². The molecule has 1 aliphatic rings. The predicted molar refractivity (Wildman–Crippen MR) is 118 cm³/mol. The van der Waals surface area contributed by atoms with Gasteiger partial charge in [0.2, 0.25) is 0 Å². The Labute approximate surface area is 177 Å². The molecule has 1 nitrogen and oxygen atoms in total. The summed E-state index contributed by atoms with van der Waals surface area (Å²) in [7, 11) is 0. The Morgan fingerprint density at radius 1 is 1.21 bits per heavy atom. The number of aliphatic hydroxyl groups is 1. The van der Waals surface area contributed by atoms with Crippen LogP contribution < -0.4 is 0 Å². The van der Waals surface area contributed by atoms with E-state index in [9.17, 15) is 9.50 Å². The molecule has 2 aromatic rings. The molecule has 2 atom stereocenters. The number of benzene rings is 1. The highest BCUT2D eigenvalue weighted by Gasteiger charge is 2.25. The average molecular weight is 421 g/mol. The van der Waals surface area contributed by atoms with Crippen molar-refractivity contribution in [1.29, 1.82) is 0 Å². The highest BCUT2D eigenvalue weighted by Crippen LogP contribution is 2.43. The number of halogens is 2. The van der Waals surface area contributed by atoms with Gasteiger partial charge in [0.1, 0.15) is 5.82 Å². The molecule has 1 aliphatic carbocycles. The molecular formula is C24H30ClFOS. The second-order valence-corrected chi connectivity index (χ2v) is 9.26. The molecule has 1 aromatic carbocycles. The fourth-order valence-electron chi connectivity index (χ4n) is 4.13. The van der Waals surface area contributed by atoms with Gasteiger partial charge in [-0.2, -0.15) is 0 Å². The minimum Gasteiger partial charge on any atom is -0.388 e. The third-order valence-electron chi connectivity index (χ3n) is 5.70. The Balaban J connectivity index is 1.59. The lowest BCUT2D eigenvalue weighted by Crippen LogP contribution is -2.02. The molecule has 0 saturated heterocycles. The minimum absolute atomic E-state index is 0.124. The van der Waals surface area contributed by atoms with Crippen LogP contribution in [0, 0.1) is 11.7 Å². The zero-order valence-electron chi connectivity index (χ0n) is 16.6. The van der Waals surface area contributed by atoms with Gasteiger partial charge in [0.05, 0.1) is 6.10 Å². The molecule has 3 rings (SSSR count). The van der Waals surface area contributed by atoms with Crippen LogP contribution in [0.1, 0.15) is 80.4 Å². The third-order valence-corrected chi connectivity index (χ3v) is 7.06. The van der Waals surface area contributed by atoms with Crippen molar-refractivity contribution in [3.05, 3.63) is 62.6 Å². The van der Waals surface area contributed by atoms with E-state index in [1.54, 1.807) is 11.4 Å². The van der Waals surface area contributed by atoms with E-state index in [-0.39, 0.29) is 11.9 Å². The normalized spacial score (nSPS) is 18.1. The van der Waals surface area contributed by atoms with Gasteiger partial charge in [-0.3, -0.25) is 0 Å². The molecule has 1 N–H and O–H groups in total. The van der Waals surface area contributed by atoms with Crippen molar-refractivity contribution in [2.45, 2.75) is 70.8 Å². The van der Waals surface area contributed by atoms with Gasteiger partial charge in [-0.05, 0) is 67.2 Å². The molecule has 152 valence electrons. The van der Waals surface area contributed by atoms with Gasteiger partial charge < -0.3 is 5.11 Å². The summed E-state index contributed by atoms with van der Waals surface area (Å²) in [4.78, 5) is 1.12. The van der Waals surface area contributed by atoms with Crippen LogP contribution in [-0.2, 0) is 6.42 Å². The highest BCUT2D eigenvalue weighted by molar-refractivity contribution is 7.09. The molecular weight excluding hydrogens is 391 g/mol. The fourth-order valence-corrected chi connectivity index (χ4v) is 5.28. The minimum atomic E-state index is -0.379. The Kier molecular flexibility index (Phi) is 8.13. The smallest absolute Gasteiger partial charge is 0.134 e. The van der Waals surface area contributed by atoms with Gasteiger partial charge in [-0.25, -0.2) is 4.39 Å². The summed E-state index contributed by atoms with van der Waals surface area (Å²) >= 11 is 8.08. The number of hydrogen-bond donors (Lipinski definition) is 1. The van der Waals surface area contributed by atoms with Crippen molar-refractivity contribution in [1.82, 2.24) is 0 Å². The molecule has 1 unspecified atom stereocenters. The summed E-state index contributed by atoms with van der Waals surface area (Å²) in [6.07, 6.45) is 8.92. The van der Waals surface area contributed by atoms with Gasteiger partial charge in [0.25, 0.3) is 0 Å². The zero-order valence-corrected chi connectivity index (χ0v) is 18.2. The van der Waals surface area contributed by atoms with E-state index < -0.39 is 0 Å². The van der Waals surface area contributed by atoms with Gasteiger partial charge in [0.15, 0.2) is 0 Å². The number of allylic oxidation sites excluding steroid dienone is 2. The summed E-state index contributed by atoms with van der Waals surface area (Å²) in [5.74, 6) is 0.346. The van der Waals surface area contributed by atoms with Crippen molar-refractivity contribution < 1.29 is 9.50 Å². The second kappa shape index (κ2) is 10.6. The molecule has 0 bridgehead atoms. The fraction of sp³-hybridized carbons (Fsp3) is 0.500. The quantitative estimate of drug-likeness (QED) is 0.387. The van der Waals surface area contributed by atoms with Crippen LogP contribution >= 0.6 is 22.9 Å². The summed E-state index contributed by atoms with van der Waals surface area (Å²) in [6, 6.07) is 9.97. The Morgan fingerprint density at radius 2 is 2.00 bits per heavy atom. The Hall–Kier alpha value is -1.16. The van der Waals surface area contributed by atoms with Crippen LogP contribution in [0.4, 0.5) is 4.39 Å². The first-order valence-electron chi connectivity index (χ1n) is 10.5. The van der Waals surface area contributed by atoms with Gasteiger partial charge >= 0.3 is 0 Å². The van der Waals surface area contributed by atoms with Crippen LogP contribution in [0.5, 0.6) is 0 Å². The van der Waals surface area contributed by atoms with E-state index in [0.29, 0.717) is 5.92 Å². The number of aliphatic hydroxyl groups excluding tert-OH is 1. The number of rotatable bonds is 10. The Morgan fingerprint density at radius 3 is 2.68 bits per heavy atom. The van der Waals surface area contributed by atoms with Gasteiger partial charge in [0, 0.05) is 15.3 Å². The maximum atomic E-state index is 13.1. The summed E-state index contributed by atoms with van der Waals surface area (Å²) < 4.78 is 13.1. The van der Waals surface area contributed by atoms with E-state index in [2.05, 4.69) is 19.1 Å². The molecule has 0 amide bonds. The standard InChI is InChI=1S/C24H30ClFOS/c1-2-3-4-8-23(27)17-9-11-19(12-10-17)24-18(13-14-22(24)25)6-5-7-21-15-20(26)16-28-21/h9-12,15-16,18,23,27H,2-8,13-14H2,1H3/t18-,23?/m0/s1. The first-order chi connectivity index (χ1) is 13.6. The van der Waals surface area contributed by atoms with Crippen LogP contribution in [0.2, 0.25) is 0 Å². The SMILES string of the molecule is CCCCCC(O)c1ccc(C2=C(Cl)CC[C@@H]2CCCc2cc(F)cs2)cc1. The number of aryl methyl sites for hydroxylation is 1. The van der Waals surface area contributed by atoms with Crippen molar-refractivity contribution in [2.75, 3.05) is 0 Å². The summed E-state index contributed by atoms with van der Waals surface area (Å²) in [5.41, 5.74) is 3.44. The van der Waals surface area contributed by atoms with E-state index >= 15 is 0 Å². The van der Waals surface area contributed by atoms with Crippen molar-refractivity contribution >= 4 is 28.5 Å². The lowest BCUT2D eigenvalue weighted by atomic mass is 9.89. The molecule has 0 spiro atoms. The largest absolute Gasteiger partial charge is 0.388 e. The molecule has 1 heterocycles. The van der Waals surface area contributed by atoms with E-state index in [1.807, 2.05) is 12.1 Å². The second-order valence-electron chi connectivity index (χ2n) is 7.81. The molecule has 1 aromatic heterocycles. The summed E-state index contributed by atoms with van der Waals surface area (Å²) in [6.45, 7) is 2.18. The lowest BCUT2D eigenvalue weighted by Gasteiger charge is -2.17. The average Bonchev–Trinajstić information content (AvgIpc) is 3.27. The maximum Gasteiger partial charge on any atom is 0.134 e. The van der Waals surface area contributed by atoms with Crippen molar-refractivity contribution in [3.63, 3.8) is 0 Å². The zero-order chi connectivity index (χ0) is 19.9. The highest BCUT2D eigenvalue weighted by atomic mass is 35.5. The molecule has 4 heteroatoms. The van der Waals surface area contributed by atoms with E-state index in [4.69, 9.17) is 11.6 Å². The third kappa shape index (κ3) is 5.68. The number of thiophene rings is 1. The topological polar surface area (TPSA) is 20.2 Å². The van der Waals surface area contributed by atoms with Gasteiger partial charge in [-0.15, -0.1) is 11.3 Å².